The Morgan fingerprint density at radius 2 is 2.00 bits per heavy atom. The monoisotopic (exact) mass is 238 g/mol. The third-order valence-corrected chi connectivity index (χ3v) is 4.15. The fraction of sp³-hybridized carbons (Fsp3) is 0.929. The molecule has 98 valence electrons. The number of hydrogen-bond donors (Lipinski definition) is 1. The third kappa shape index (κ3) is 3.29. The van der Waals surface area contributed by atoms with Gasteiger partial charge in [-0.25, -0.2) is 0 Å². The van der Waals surface area contributed by atoms with Gasteiger partial charge in [0.15, 0.2) is 0 Å². The second kappa shape index (κ2) is 5.07. The van der Waals surface area contributed by atoms with Gasteiger partial charge in [0.05, 0.1) is 0 Å². The maximum absolute atomic E-state index is 12.1. The average Bonchev–Trinajstić information content (AvgIpc) is 2.14. The number of nitrogens with one attached hydrogen (secondary N) is 1. The van der Waals surface area contributed by atoms with Crippen LogP contribution in [0, 0.1) is 5.92 Å². The van der Waals surface area contributed by atoms with Crippen LogP contribution in [0.4, 0.5) is 0 Å². The van der Waals surface area contributed by atoms with Crippen molar-refractivity contribution in [1.29, 1.82) is 0 Å². The van der Waals surface area contributed by atoms with E-state index >= 15 is 0 Å². The van der Waals surface area contributed by atoms with Crippen LogP contribution in [0.1, 0.15) is 46.5 Å². The fourth-order valence-corrected chi connectivity index (χ4v) is 2.74. The van der Waals surface area contributed by atoms with Crippen LogP contribution in [0.25, 0.3) is 0 Å². The summed E-state index contributed by atoms with van der Waals surface area (Å²) in [6.45, 7) is 9.68. The number of carbonyl (C=O) groups is 1. The van der Waals surface area contributed by atoms with Crippen molar-refractivity contribution in [1.82, 2.24) is 10.2 Å². The molecule has 0 aromatic heterocycles. The van der Waals surface area contributed by atoms with Gasteiger partial charge in [0.25, 0.3) is 0 Å². The summed E-state index contributed by atoms with van der Waals surface area (Å²) >= 11 is 0. The zero-order valence-corrected chi connectivity index (χ0v) is 11.5. The topological polar surface area (TPSA) is 32.3 Å². The highest BCUT2D eigenvalue weighted by Gasteiger charge is 2.38. The lowest BCUT2D eigenvalue weighted by Gasteiger charge is -2.47. The standard InChI is InChI=1S/C14H26N2O/c1-14(2,3)16-9-11(10-16)13(17)8-12-6-4-5-7-15-12/h11-12,15H,4-10H2,1-3H3. The van der Waals surface area contributed by atoms with E-state index in [4.69, 9.17) is 0 Å². The summed E-state index contributed by atoms with van der Waals surface area (Å²) in [5.74, 6) is 0.780. The van der Waals surface area contributed by atoms with Crippen molar-refractivity contribution in [3.63, 3.8) is 0 Å². The fourth-order valence-electron chi connectivity index (χ4n) is 2.74. The van der Waals surface area contributed by atoms with Gasteiger partial charge in [0.1, 0.15) is 5.78 Å². The SMILES string of the molecule is CC(C)(C)N1CC(C(=O)CC2CCCCN2)C1. The summed E-state index contributed by atoms with van der Waals surface area (Å²) in [6.07, 6.45) is 4.49. The Morgan fingerprint density at radius 3 is 2.53 bits per heavy atom. The zero-order chi connectivity index (χ0) is 12.5. The minimum atomic E-state index is 0.222. The van der Waals surface area contributed by atoms with E-state index in [0.717, 1.165) is 26.1 Å². The van der Waals surface area contributed by atoms with Crippen molar-refractivity contribution >= 4 is 5.78 Å². The molecule has 0 aromatic carbocycles. The number of nitrogens with zero attached hydrogens (tertiary/aromatic N) is 1. The zero-order valence-electron chi connectivity index (χ0n) is 11.5. The lowest BCUT2D eigenvalue weighted by atomic mass is 9.86. The van der Waals surface area contributed by atoms with Crippen LogP contribution < -0.4 is 5.32 Å². The largest absolute Gasteiger partial charge is 0.314 e. The first-order valence-corrected chi connectivity index (χ1v) is 6.98. The van der Waals surface area contributed by atoms with Gasteiger partial charge in [-0.05, 0) is 40.2 Å². The normalized spacial score (nSPS) is 27.8. The van der Waals surface area contributed by atoms with E-state index in [9.17, 15) is 4.79 Å². The highest BCUT2D eigenvalue weighted by molar-refractivity contribution is 5.82. The number of rotatable bonds is 3. The maximum atomic E-state index is 12.1. The molecule has 0 radical (unpaired) electrons. The van der Waals surface area contributed by atoms with E-state index in [0.29, 0.717) is 17.7 Å². The molecule has 2 rings (SSSR count). The van der Waals surface area contributed by atoms with Gasteiger partial charge < -0.3 is 5.32 Å². The van der Waals surface area contributed by atoms with Crippen LogP contribution in [0.15, 0.2) is 0 Å². The molecule has 0 amide bonds. The summed E-state index contributed by atoms with van der Waals surface area (Å²) in [5.41, 5.74) is 0.222. The first-order chi connectivity index (χ1) is 7.97. The Labute approximate surface area is 105 Å². The Hall–Kier alpha value is -0.410. The number of hydrogen-bond acceptors (Lipinski definition) is 3. The molecule has 1 unspecified atom stereocenters. The van der Waals surface area contributed by atoms with Crippen LogP contribution in [-0.4, -0.2) is 41.9 Å². The van der Waals surface area contributed by atoms with Gasteiger partial charge in [0.2, 0.25) is 0 Å². The molecule has 2 aliphatic heterocycles. The van der Waals surface area contributed by atoms with E-state index in [-0.39, 0.29) is 5.54 Å². The molecular weight excluding hydrogens is 212 g/mol. The van der Waals surface area contributed by atoms with Crippen molar-refractivity contribution < 1.29 is 4.79 Å². The molecule has 0 spiro atoms. The Morgan fingerprint density at radius 1 is 1.29 bits per heavy atom. The third-order valence-electron chi connectivity index (χ3n) is 4.15. The number of Topliss-reactive ketones (excluding diaryl/α,β-unsaturated/α-hetero) is 1. The van der Waals surface area contributed by atoms with Gasteiger partial charge in [0, 0.05) is 37.0 Å². The maximum Gasteiger partial charge on any atom is 0.140 e. The molecule has 3 heteroatoms. The smallest absolute Gasteiger partial charge is 0.140 e. The van der Waals surface area contributed by atoms with Crippen molar-refractivity contribution in [2.75, 3.05) is 19.6 Å². The highest BCUT2D eigenvalue weighted by Crippen LogP contribution is 2.27. The average molecular weight is 238 g/mol. The number of likely N-dealkylation sites (tertiary alicyclic amines) is 1. The molecular formula is C14H26N2O. The molecule has 0 aliphatic carbocycles. The van der Waals surface area contributed by atoms with Crippen molar-refractivity contribution in [3.05, 3.63) is 0 Å². The minimum absolute atomic E-state index is 0.222. The predicted octanol–water partition coefficient (Wildman–Crippen LogP) is 1.82. The molecule has 3 nitrogen and oxygen atoms in total. The van der Waals surface area contributed by atoms with Crippen LogP contribution in [0.2, 0.25) is 0 Å². The number of carbonyl (C=O) groups excluding carboxylic acids is 1. The summed E-state index contributed by atoms with van der Waals surface area (Å²) in [5, 5.41) is 3.46. The summed E-state index contributed by atoms with van der Waals surface area (Å²) < 4.78 is 0. The number of piperidine rings is 1. The summed E-state index contributed by atoms with van der Waals surface area (Å²) in [4.78, 5) is 14.5. The highest BCUT2D eigenvalue weighted by atomic mass is 16.1. The molecule has 0 saturated carbocycles. The number of ketones is 1. The first-order valence-electron chi connectivity index (χ1n) is 6.98. The summed E-state index contributed by atoms with van der Waals surface area (Å²) in [7, 11) is 0. The molecule has 2 saturated heterocycles. The lowest BCUT2D eigenvalue weighted by molar-refractivity contribution is -0.131. The predicted molar refractivity (Wildman–Crippen MR) is 70.1 cm³/mol. The Kier molecular flexibility index (Phi) is 3.88. The summed E-state index contributed by atoms with van der Waals surface area (Å²) in [6, 6.07) is 0.458. The quantitative estimate of drug-likeness (QED) is 0.814. The van der Waals surface area contributed by atoms with Crippen LogP contribution in [0.3, 0.4) is 0 Å². The molecule has 0 bridgehead atoms. The second-order valence-electron chi connectivity index (χ2n) is 6.59. The van der Waals surface area contributed by atoms with E-state index in [1.165, 1.54) is 19.3 Å². The van der Waals surface area contributed by atoms with Gasteiger partial charge in [-0.15, -0.1) is 0 Å². The van der Waals surface area contributed by atoms with Gasteiger partial charge >= 0.3 is 0 Å². The molecule has 0 aromatic rings. The molecule has 17 heavy (non-hydrogen) atoms. The molecule has 1 N–H and O–H groups in total. The van der Waals surface area contributed by atoms with Gasteiger partial charge in [-0.1, -0.05) is 6.42 Å². The Balaban J connectivity index is 1.72. The second-order valence-corrected chi connectivity index (χ2v) is 6.59. The van der Waals surface area contributed by atoms with Gasteiger partial charge in [-0.2, -0.15) is 0 Å². The van der Waals surface area contributed by atoms with E-state index in [2.05, 4.69) is 31.0 Å². The van der Waals surface area contributed by atoms with E-state index in [1.807, 2.05) is 0 Å². The van der Waals surface area contributed by atoms with E-state index < -0.39 is 0 Å². The van der Waals surface area contributed by atoms with Crippen LogP contribution >= 0.6 is 0 Å². The van der Waals surface area contributed by atoms with Crippen molar-refractivity contribution in [3.8, 4) is 0 Å². The van der Waals surface area contributed by atoms with Crippen molar-refractivity contribution in [2.24, 2.45) is 5.92 Å². The lowest BCUT2D eigenvalue weighted by Crippen LogP contribution is -2.58. The van der Waals surface area contributed by atoms with Gasteiger partial charge in [-0.3, -0.25) is 9.69 Å². The first kappa shape index (κ1) is 13.0. The molecule has 2 fully saturated rings. The Bertz CT molecular complexity index is 270. The van der Waals surface area contributed by atoms with Crippen LogP contribution in [-0.2, 0) is 4.79 Å². The van der Waals surface area contributed by atoms with Crippen molar-refractivity contribution in [2.45, 2.75) is 58.0 Å². The molecule has 1 atom stereocenters. The van der Waals surface area contributed by atoms with E-state index in [1.54, 1.807) is 0 Å². The molecule has 2 aliphatic rings. The minimum Gasteiger partial charge on any atom is -0.314 e. The van der Waals surface area contributed by atoms with Crippen LogP contribution in [0.5, 0.6) is 0 Å². The molecule has 2 heterocycles.